The third kappa shape index (κ3) is 3.56. The monoisotopic (exact) mass is 357 g/mol. The molecule has 25 heavy (non-hydrogen) atoms. The first kappa shape index (κ1) is 17.2. The van der Waals surface area contributed by atoms with Gasteiger partial charge in [0.05, 0.1) is 10.9 Å². The summed E-state index contributed by atoms with van der Waals surface area (Å²) in [7, 11) is -3.59. The highest BCUT2D eigenvalue weighted by molar-refractivity contribution is 7.90. The first-order valence-corrected chi connectivity index (χ1v) is 9.38. The topological polar surface area (TPSA) is 87.6 Å². The zero-order valence-corrected chi connectivity index (χ0v) is 14.8. The number of carbonyl (C=O) groups excluding carboxylic acids is 1. The largest absolute Gasteiger partial charge is 0.348 e. The predicted molar refractivity (Wildman–Crippen MR) is 95.9 cm³/mol. The predicted octanol–water partition coefficient (Wildman–Crippen LogP) is 1.91. The van der Waals surface area contributed by atoms with Gasteiger partial charge in [0, 0.05) is 5.56 Å². The van der Waals surface area contributed by atoms with Crippen molar-refractivity contribution in [2.75, 3.05) is 6.54 Å². The molecule has 2 aromatic rings. The van der Waals surface area contributed by atoms with E-state index in [0.717, 1.165) is 11.1 Å². The van der Waals surface area contributed by atoms with Gasteiger partial charge in [-0.05, 0) is 37.1 Å². The number of nitrogens with one attached hydrogen (secondary N) is 2. The number of aryl methyl sites for hydroxylation is 1. The van der Waals surface area contributed by atoms with E-state index in [2.05, 4.69) is 15.0 Å². The minimum atomic E-state index is -3.59. The number of aliphatic imine (C=N–C) groups is 1. The molecule has 0 spiro atoms. The Morgan fingerprint density at radius 3 is 2.60 bits per heavy atom. The molecule has 2 N–H and O–H groups in total. The minimum absolute atomic E-state index is 0.150. The average Bonchev–Trinajstić information content (AvgIpc) is 2.84. The molecule has 0 aliphatic carbocycles. The molecule has 7 heteroatoms. The van der Waals surface area contributed by atoms with E-state index in [4.69, 9.17) is 0 Å². The Morgan fingerprint density at radius 2 is 1.84 bits per heavy atom. The number of benzene rings is 2. The molecule has 0 saturated carbocycles. The average molecular weight is 357 g/mol. The normalized spacial score (nSPS) is 17.6. The highest BCUT2D eigenvalue weighted by Gasteiger charge is 2.30. The van der Waals surface area contributed by atoms with Gasteiger partial charge in [-0.3, -0.25) is 14.5 Å². The maximum Gasteiger partial charge on any atom is 0.263 e. The second kappa shape index (κ2) is 6.68. The Labute approximate surface area is 147 Å². The fourth-order valence-corrected chi connectivity index (χ4v) is 4.09. The van der Waals surface area contributed by atoms with Crippen LogP contribution >= 0.6 is 0 Å². The van der Waals surface area contributed by atoms with Crippen LogP contribution in [0.25, 0.3) is 0 Å². The van der Waals surface area contributed by atoms with Crippen LogP contribution in [0.5, 0.6) is 0 Å². The van der Waals surface area contributed by atoms with Crippen molar-refractivity contribution in [2.24, 2.45) is 4.99 Å². The van der Waals surface area contributed by atoms with Gasteiger partial charge in [0.25, 0.3) is 10.0 Å². The third-order valence-electron chi connectivity index (χ3n) is 4.08. The molecule has 0 fully saturated rings. The molecular formula is C18H19N3O3S. The van der Waals surface area contributed by atoms with Gasteiger partial charge < -0.3 is 5.32 Å². The van der Waals surface area contributed by atoms with Crippen molar-refractivity contribution < 1.29 is 13.2 Å². The van der Waals surface area contributed by atoms with Crippen molar-refractivity contribution in [3.8, 4) is 0 Å². The van der Waals surface area contributed by atoms with Gasteiger partial charge in [-0.15, -0.1) is 0 Å². The lowest BCUT2D eigenvalue weighted by molar-refractivity contribution is -0.120. The summed E-state index contributed by atoms with van der Waals surface area (Å²) in [6, 6.07) is 14.2. The van der Waals surface area contributed by atoms with E-state index < -0.39 is 10.0 Å². The van der Waals surface area contributed by atoms with Crippen LogP contribution < -0.4 is 10.0 Å². The fourth-order valence-electron chi connectivity index (χ4n) is 2.84. The van der Waals surface area contributed by atoms with Crippen LogP contribution in [-0.2, 0) is 14.8 Å². The molecule has 6 nitrogen and oxygen atoms in total. The molecular weight excluding hydrogens is 338 g/mol. The van der Waals surface area contributed by atoms with Crippen LogP contribution in [0.1, 0.15) is 29.7 Å². The molecule has 130 valence electrons. The number of amides is 1. The summed E-state index contributed by atoms with van der Waals surface area (Å²) in [6.07, 6.45) is 0. The van der Waals surface area contributed by atoms with Crippen LogP contribution in [0.2, 0.25) is 0 Å². The summed E-state index contributed by atoms with van der Waals surface area (Å²) in [5.41, 5.74) is 2.62. The highest BCUT2D eigenvalue weighted by atomic mass is 32.2. The molecule has 1 atom stereocenters. The highest BCUT2D eigenvalue weighted by Crippen LogP contribution is 2.22. The summed E-state index contributed by atoms with van der Waals surface area (Å²) < 4.78 is 26.4. The van der Waals surface area contributed by atoms with Gasteiger partial charge >= 0.3 is 0 Å². The smallest absolute Gasteiger partial charge is 0.263 e. The van der Waals surface area contributed by atoms with Crippen molar-refractivity contribution in [2.45, 2.75) is 24.8 Å². The van der Waals surface area contributed by atoms with E-state index in [-0.39, 0.29) is 29.2 Å². The standard InChI is InChI=1S/C18H19N3O3S/c1-12-7-3-4-8-14(12)13(2)20-17(22)11-19-18-15-9-5-6-10-16(15)25(23,24)21-18/h3-10,13H,11H2,1-2H3,(H,19,21)(H,20,22). The first-order valence-electron chi connectivity index (χ1n) is 7.90. The second-order valence-electron chi connectivity index (χ2n) is 5.91. The van der Waals surface area contributed by atoms with Crippen LogP contribution in [0, 0.1) is 6.92 Å². The van der Waals surface area contributed by atoms with E-state index in [1.54, 1.807) is 18.2 Å². The Bertz CT molecular complexity index is 952. The lowest BCUT2D eigenvalue weighted by atomic mass is 10.0. The van der Waals surface area contributed by atoms with E-state index >= 15 is 0 Å². The van der Waals surface area contributed by atoms with Gasteiger partial charge in [-0.25, -0.2) is 8.42 Å². The zero-order chi connectivity index (χ0) is 18.0. The third-order valence-corrected chi connectivity index (χ3v) is 5.47. The van der Waals surface area contributed by atoms with E-state index in [1.165, 1.54) is 6.07 Å². The summed E-state index contributed by atoms with van der Waals surface area (Å²) in [5.74, 6) is -0.0684. The van der Waals surface area contributed by atoms with Crippen LogP contribution in [0.4, 0.5) is 0 Å². The van der Waals surface area contributed by atoms with Crippen molar-refractivity contribution in [3.63, 3.8) is 0 Å². The maximum absolute atomic E-state index is 12.2. The van der Waals surface area contributed by atoms with Crippen molar-refractivity contribution in [1.82, 2.24) is 10.0 Å². The van der Waals surface area contributed by atoms with Crippen LogP contribution in [0.3, 0.4) is 0 Å². The van der Waals surface area contributed by atoms with Crippen molar-refractivity contribution >= 4 is 21.8 Å². The molecule has 2 aromatic carbocycles. The molecule has 0 radical (unpaired) electrons. The maximum atomic E-state index is 12.2. The number of nitrogens with zero attached hydrogens (tertiary/aromatic N) is 1. The Balaban J connectivity index is 1.71. The zero-order valence-electron chi connectivity index (χ0n) is 14.0. The Morgan fingerprint density at radius 1 is 1.16 bits per heavy atom. The molecule has 3 rings (SSSR count). The summed E-state index contributed by atoms with van der Waals surface area (Å²) >= 11 is 0. The molecule has 1 aliphatic rings. The SMILES string of the molecule is Cc1ccccc1C(C)NC(=O)CN=C1NS(=O)(=O)c2ccccc21. The molecule has 0 aromatic heterocycles. The molecule has 1 aliphatic heterocycles. The minimum Gasteiger partial charge on any atom is -0.348 e. The van der Waals surface area contributed by atoms with E-state index in [9.17, 15) is 13.2 Å². The lowest BCUT2D eigenvalue weighted by Crippen LogP contribution is -2.30. The van der Waals surface area contributed by atoms with Gasteiger partial charge in [-0.2, -0.15) is 0 Å². The molecule has 1 heterocycles. The van der Waals surface area contributed by atoms with Crippen molar-refractivity contribution in [3.05, 3.63) is 65.2 Å². The van der Waals surface area contributed by atoms with E-state index in [0.29, 0.717) is 5.56 Å². The lowest BCUT2D eigenvalue weighted by Gasteiger charge is -2.16. The van der Waals surface area contributed by atoms with Gasteiger partial charge in [0.1, 0.15) is 12.4 Å². The summed E-state index contributed by atoms with van der Waals surface area (Å²) in [6.45, 7) is 3.74. The van der Waals surface area contributed by atoms with E-state index in [1.807, 2.05) is 38.1 Å². The van der Waals surface area contributed by atoms with Crippen LogP contribution in [-0.4, -0.2) is 26.7 Å². The molecule has 0 bridgehead atoms. The number of amidine groups is 1. The van der Waals surface area contributed by atoms with Crippen molar-refractivity contribution in [1.29, 1.82) is 0 Å². The van der Waals surface area contributed by atoms with Gasteiger partial charge in [0.15, 0.2) is 0 Å². The van der Waals surface area contributed by atoms with Gasteiger partial charge in [0.2, 0.25) is 5.91 Å². The number of rotatable bonds is 4. The number of hydrogen-bond acceptors (Lipinski definition) is 4. The summed E-state index contributed by atoms with van der Waals surface area (Å²) in [4.78, 5) is 16.5. The first-order chi connectivity index (χ1) is 11.9. The summed E-state index contributed by atoms with van der Waals surface area (Å²) in [5, 5.41) is 2.88. The number of fused-ring (bicyclic) bond motifs is 1. The second-order valence-corrected chi connectivity index (χ2v) is 7.56. The Kier molecular flexibility index (Phi) is 4.59. The molecule has 1 amide bonds. The Hall–Kier alpha value is -2.67. The van der Waals surface area contributed by atoms with Gasteiger partial charge in [-0.1, -0.05) is 36.4 Å². The number of hydrogen-bond donors (Lipinski definition) is 2. The molecule has 0 saturated heterocycles. The number of sulfonamides is 1. The molecule has 1 unspecified atom stereocenters. The fraction of sp³-hybridized carbons (Fsp3) is 0.222. The van der Waals surface area contributed by atoms with Crippen LogP contribution in [0.15, 0.2) is 58.4 Å². The quantitative estimate of drug-likeness (QED) is 0.876. The number of carbonyl (C=O) groups is 1.